The number of nitrogens with zero attached hydrogens (tertiary/aromatic N) is 1. The first-order chi connectivity index (χ1) is 16.4. The molecule has 1 aliphatic heterocycles. The molecule has 4 nitrogen and oxygen atoms in total. The molecule has 0 spiro atoms. The van der Waals surface area contributed by atoms with Crippen LogP contribution in [0.3, 0.4) is 0 Å². The van der Waals surface area contributed by atoms with Crippen LogP contribution in [0, 0.1) is 9.39 Å². The maximum absolute atomic E-state index is 13.6. The first kappa shape index (κ1) is 25.0. The number of benzene rings is 3. The predicted octanol–water partition coefficient (Wildman–Crippen LogP) is 7.47. The third-order valence-corrected chi connectivity index (χ3v) is 7.20. The fourth-order valence-corrected chi connectivity index (χ4v) is 5.52. The molecule has 1 saturated heterocycles. The number of halogens is 3. The maximum atomic E-state index is 13.6. The van der Waals surface area contributed by atoms with Crippen LogP contribution in [-0.2, 0) is 11.4 Å². The SMILES string of the molecule is CCOc1cc(/C=C2/SC(=S)N(c3ccc(F)c(Cl)c3)C2=O)cc(I)c1OCc1ccccc1. The molecule has 0 bridgehead atoms. The van der Waals surface area contributed by atoms with E-state index in [-0.39, 0.29) is 10.9 Å². The molecule has 0 atom stereocenters. The smallest absolute Gasteiger partial charge is 0.270 e. The van der Waals surface area contributed by atoms with Gasteiger partial charge in [-0.3, -0.25) is 9.69 Å². The van der Waals surface area contributed by atoms with Crippen LogP contribution in [-0.4, -0.2) is 16.8 Å². The van der Waals surface area contributed by atoms with Gasteiger partial charge in [0.25, 0.3) is 5.91 Å². The van der Waals surface area contributed by atoms with Crippen molar-refractivity contribution in [3.8, 4) is 11.5 Å². The Bertz CT molecular complexity index is 1290. The average Bonchev–Trinajstić information content (AvgIpc) is 3.08. The monoisotopic (exact) mass is 625 g/mol. The lowest BCUT2D eigenvalue weighted by atomic mass is 10.1. The zero-order valence-electron chi connectivity index (χ0n) is 17.9. The van der Waals surface area contributed by atoms with Crippen LogP contribution < -0.4 is 14.4 Å². The summed E-state index contributed by atoms with van der Waals surface area (Å²) in [4.78, 5) is 14.9. The van der Waals surface area contributed by atoms with Gasteiger partial charge in [0.1, 0.15) is 12.4 Å². The number of thiocarbonyl (C=S) groups is 1. The number of rotatable bonds is 7. The molecule has 9 heteroatoms. The summed E-state index contributed by atoms with van der Waals surface area (Å²) in [6.45, 7) is 2.78. The molecule has 174 valence electrons. The largest absolute Gasteiger partial charge is 0.490 e. The van der Waals surface area contributed by atoms with E-state index in [2.05, 4.69) is 22.6 Å². The van der Waals surface area contributed by atoms with Crippen molar-refractivity contribution in [1.29, 1.82) is 0 Å². The highest BCUT2D eigenvalue weighted by atomic mass is 127. The van der Waals surface area contributed by atoms with Gasteiger partial charge in [0.2, 0.25) is 0 Å². The Kier molecular flexibility index (Phi) is 8.13. The van der Waals surface area contributed by atoms with E-state index in [1.807, 2.05) is 49.4 Å². The second-order valence-electron chi connectivity index (χ2n) is 7.15. The molecule has 3 aromatic rings. The second kappa shape index (κ2) is 11.1. The Morgan fingerprint density at radius 2 is 1.91 bits per heavy atom. The number of hydrogen-bond donors (Lipinski definition) is 0. The van der Waals surface area contributed by atoms with Crippen LogP contribution in [0.1, 0.15) is 18.1 Å². The lowest BCUT2D eigenvalue weighted by molar-refractivity contribution is -0.113. The van der Waals surface area contributed by atoms with E-state index in [1.54, 1.807) is 6.08 Å². The summed E-state index contributed by atoms with van der Waals surface area (Å²) in [5, 5.41) is -0.0717. The molecule has 4 rings (SSSR count). The Balaban J connectivity index is 1.61. The first-order valence-electron chi connectivity index (χ1n) is 10.2. The summed E-state index contributed by atoms with van der Waals surface area (Å²) in [5.41, 5.74) is 2.25. The van der Waals surface area contributed by atoms with Gasteiger partial charge in [0, 0.05) is 0 Å². The predicted molar refractivity (Wildman–Crippen MR) is 148 cm³/mol. The number of ether oxygens (including phenoxy) is 2. The highest BCUT2D eigenvalue weighted by Gasteiger charge is 2.33. The van der Waals surface area contributed by atoms with E-state index in [1.165, 1.54) is 34.9 Å². The Hall–Kier alpha value is -2.14. The fraction of sp³-hybridized carbons (Fsp3) is 0.120. The minimum atomic E-state index is -0.556. The number of thioether (sulfide) groups is 1. The molecule has 0 unspecified atom stereocenters. The van der Waals surface area contributed by atoms with Gasteiger partial charge in [-0.1, -0.05) is 65.9 Å². The number of carbonyl (C=O) groups excluding carboxylic acids is 1. The van der Waals surface area contributed by atoms with Crippen LogP contribution in [0.15, 0.2) is 65.6 Å². The quantitative estimate of drug-likeness (QED) is 0.155. The summed E-state index contributed by atoms with van der Waals surface area (Å²) >= 11 is 14.7. The number of carbonyl (C=O) groups is 1. The molecule has 34 heavy (non-hydrogen) atoms. The average molecular weight is 626 g/mol. The van der Waals surface area contributed by atoms with E-state index < -0.39 is 5.82 Å². The van der Waals surface area contributed by atoms with E-state index >= 15 is 0 Å². The van der Waals surface area contributed by atoms with E-state index in [4.69, 9.17) is 33.3 Å². The fourth-order valence-electron chi connectivity index (χ4n) is 3.27. The Morgan fingerprint density at radius 3 is 2.62 bits per heavy atom. The third-order valence-electron chi connectivity index (χ3n) is 4.81. The van der Waals surface area contributed by atoms with Crippen molar-refractivity contribution in [1.82, 2.24) is 0 Å². The highest BCUT2D eigenvalue weighted by molar-refractivity contribution is 14.1. The van der Waals surface area contributed by atoms with Gasteiger partial charge in [-0.05, 0) is 77.0 Å². The van der Waals surface area contributed by atoms with Gasteiger partial charge in [-0.25, -0.2) is 4.39 Å². The van der Waals surface area contributed by atoms with Crippen molar-refractivity contribution in [2.75, 3.05) is 11.5 Å². The zero-order chi connectivity index (χ0) is 24.2. The summed E-state index contributed by atoms with van der Waals surface area (Å²) in [5.74, 6) is 0.392. The molecule has 1 heterocycles. The molecule has 0 saturated carbocycles. The second-order valence-corrected chi connectivity index (χ2v) is 10.4. The van der Waals surface area contributed by atoms with Gasteiger partial charge >= 0.3 is 0 Å². The van der Waals surface area contributed by atoms with Crippen molar-refractivity contribution < 1.29 is 18.7 Å². The van der Waals surface area contributed by atoms with Gasteiger partial charge < -0.3 is 9.47 Å². The summed E-state index contributed by atoms with van der Waals surface area (Å²) in [6.07, 6.45) is 1.76. The molecule has 0 aromatic heterocycles. The Labute approximate surface area is 225 Å². The summed E-state index contributed by atoms with van der Waals surface area (Å²) in [7, 11) is 0. The van der Waals surface area contributed by atoms with Crippen LogP contribution in [0.4, 0.5) is 10.1 Å². The molecule has 1 aliphatic rings. The molecule has 1 amide bonds. The molecule has 0 aliphatic carbocycles. The van der Waals surface area contributed by atoms with Crippen molar-refractivity contribution in [2.45, 2.75) is 13.5 Å². The summed E-state index contributed by atoms with van der Waals surface area (Å²) in [6, 6.07) is 17.7. The molecule has 3 aromatic carbocycles. The highest BCUT2D eigenvalue weighted by Crippen LogP contribution is 2.39. The van der Waals surface area contributed by atoms with E-state index in [0.717, 1.165) is 14.7 Å². The third kappa shape index (κ3) is 5.56. The number of amides is 1. The van der Waals surface area contributed by atoms with E-state index in [9.17, 15) is 9.18 Å². The van der Waals surface area contributed by atoms with E-state index in [0.29, 0.717) is 39.6 Å². The zero-order valence-corrected chi connectivity index (χ0v) is 22.4. The lowest BCUT2D eigenvalue weighted by Crippen LogP contribution is -2.27. The van der Waals surface area contributed by atoms with Gasteiger partial charge in [0.15, 0.2) is 15.8 Å². The molecular weight excluding hydrogens is 608 g/mol. The lowest BCUT2D eigenvalue weighted by Gasteiger charge is -2.15. The van der Waals surface area contributed by atoms with Crippen LogP contribution >= 0.6 is 58.2 Å². The number of hydrogen-bond acceptors (Lipinski definition) is 5. The van der Waals surface area contributed by atoms with Crippen molar-refractivity contribution in [3.05, 3.63) is 91.1 Å². The topological polar surface area (TPSA) is 38.8 Å². The molecular formula is C25H18ClFINO3S2. The maximum Gasteiger partial charge on any atom is 0.270 e. The number of anilines is 1. The van der Waals surface area contributed by atoms with Crippen molar-refractivity contribution >= 4 is 80.2 Å². The minimum Gasteiger partial charge on any atom is -0.490 e. The molecule has 0 N–H and O–H groups in total. The molecule has 0 radical (unpaired) electrons. The van der Waals surface area contributed by atoms with Gasteiger partial charge in [-0.15, -0.1) is 0 Å². The van der Waals surface area contributed by atoms with Crippen LogP contribution in [0.5, 0.6) is 11.5 Å². The minimum absolute atomic E-state index is 0.0717. The standard InChI is InChI=1S/C25H18ClFINO3S2/c1-2-31-21-11-16(10-20(28)23(21)32-14-15-6-4-3-5-7-15)12-22-24(30)29(25(33)34-22)17-8-9-19(27)18(26)13-17/h3-13H,2,14H2,1H3/b22-12+. The van der Waals surface area contributed by atoms with Crippen LogP contribution in [0.2, 0.25) is 5.02 Å². The van der Waals surface area contributed by atoms with Crippen LogP contribution in [0.25, 0.3) is 6.08 Å². The normalized spacial score (nSPS) is 14.7. The Morgan fingerprint density at radius 1 is 1.15 bits per heavy atom. The first-order valence-corrected chi connectivity index (χ1v) is 12.9. The summed E-state index contributed by atoms with van der Waals surface area (Å²) < 4.78 is 26.7. The van der Waals surface area contributed by atoms with Crippen molar-refractivity contribution in [2.24, 2.45) is 0 Å². The van der Waals surface area contributed by atoms with Gasteiger partial charge in [-0.2, -0.15) is 0 Å². The molecule has 1 fully saturated rings. The van der Waals surface area contributed by atoms with Crippen molar-refractivity contribution in [3.63, 3.8) is 0 Å². The van der Waals surface area contributed by atoms with Gasteiger partial charge in [0.05, 0.1) is 25.8 Å².